The predicted molar refractivity (Wildman–Crippen MR) is 135 cm³/mol. The van der Waals surface area contributed by atoms with Crippen molar-refractivity contribution < 1.29 is 23.4 Å². The molecule has 0 radical (unpaired) electrons. The Balaban J connectivity index is 1.47. The molecule has 2 amide bonds. The van der Waals surface area contributed by atoms with Gasteiger partial charge in [0.15, 0.2) is 0 Å². The molecule has 3 atom stereocenters. The van der Waals surface area contributed by atoms with E-state index < -0.39 is 29.8 Å². The number of aliphatic hydroxyl groups excluding tert-OH is 1. The molecule has 190 valence electrons. The van der Waals surface area contributed by atoms with Gasteiger partial charge < -0.3 is 25.8 Å². The third-order valence-corrected chi connectivity index (χ3v) is 6.29. The van der Waals surface area contributed by atoms with Gasteiger partial charge in [0, 0.05) is 36.3 Å². The van der Waals surface area contributed by atoms with Crippen molar-refractivity contribution in [2.75, 3.05) is 18.5 Å². The molecule has 4 rings (SSSR count). The van der Waals surface area contributed by atoms with Gasteiger partial charge in [-0.25, -0.2) is 13.6 Å². The predicted octanol–water partition coefficient (Wildman–Crippen LogP) is 4.73. The third kappa shape index (κ3) is 6.80. The molecule has 0 saturated carbocycles. The second-order valence-electron chi connectivity index (χ2n) is 8.94. The number of benzene rings is 3. The lowest BCUT2D eigenvalue weighted by Gasteiger charge is -2.30. The number of amides is 2. The average molecular weight is 496 g/mol. The summed E-state index contributed by atoms with van der Waals surface area (Å²) < 4.78 is 33.4. The van der Waals surface area contributed by atoms with E-state index in [1.165, 1.54) is 17.7 Å². The number of anilines is 1. The zero-order valence-electron chi connectivity index (χ0n) is 20.1. The number of aliphatic hydroxyl groups is 1. The molecule has 0 saturated heterocycles. The maximum Gasteiger partial charge on any atom is 0.319 e. The number of aryl methyl sites for hydroxylation is 1. The fraction of sp³-hybridized carbons (Fsp3) is 0.321. The maximum absolute atomic E-state index is 13.8. The van der Waals surface area contributed by atoms with E-state index >= 15 is 0 Å². The van der Waals surface area contributed by atoms with Crippen molar-refractivity contribution in [2.45, 2.75) is 44.4 Å². The summed E-state index contributed by atoms with van der Waals surface area (Å²) in [5.41, 5.74) is 3.15. The van der Waals surface area contributed by atoms with Crippen LogP contribution in [0.25, 0.3) is 0 Å². The van der Waals surface area contributed by atoms with Crippen LogP contribution in [0.2, 0.25) is 0 Å². The fourth-order valence-electron chi connectivity index (χ4n) is 4.40. The summed E-state index contributed by atoms with van der Waals surface area (Å²) in [4.78, 5) is 12.7. The Labute approximate surface area is 209 Å². The number of rotatable bonds is 9. The molecule has 36 heavy (non-hydrogen) atoms. The molecule has 1 unspecified atom stereocenters. The Morgan fingerprint density at radius 2 is 1.81 bits per heavy atom. The molecule has 0 fully saturated rings. The van der Waals surface area contributed by atoms with E-state index in [9.17, 15) is 18.7 Å². The van der Waals surface area contributed by atoms with Crippen molar-refractivity contribution in [3.8, 4) is 5.75 Å². The highest BCUT2D eigenvalue weighted by Gasteiger charge is 2.26. The minimum absolute atomic E-state index is 0.0275. The van der Waals surface area contributed by atoms with Gasteiger partial charge >= 0.3 is 6.03 Å². The van der Waals surface area contributed by atoms with Gasteiger partial charge in [-0.3, -0.25) is 0 Å². The molecule has 1 aliphatic rings. The lowest BCUT2D eigenvalue weighted by atomic mass is 9.96. The van der Waals surface area contributed by atoms with Crippen LogP contribution >= 0.6 is 0 Å². The molecule has 0 aromatic heterocycles. The van der Waals surface area contributed by atoms with Gasteiger partial charge in [-0.15, -0.1) is 0 Å². The highest BCUT2D eigenvalue weighted by Crippen LogP contribution is 2.33. The molecule has 3 aromatic rings. The van der Waals surface area contributed by atoms with Crippen molar-refractivity contribution in [3.05, 3.63) is 95.1 Å². The summed E-state index contributed by atoms with van der Waals surface area (Å²) >= 11 is 0. The van der Waals surface area contributed by atoms with Crippen molar-refractivity contribution in [1.82, 2.24) is 10.6 Å². The Morgan fingerprint density at radius 3 is 2.53 bits per heavy atom. The summed E-state index contributed by atoms with van der Waals surface area (Å²) in [6, 6.07) is 16.8. The van der Waals surface area contributed by atoms with E-state index in [4.69, 9.17) is 4.74 Å². The molecular formula is C28H31F2N3O3. The Kier molecular flexibility index (Phi) is 8.51. The number of fused-ring (bicyclic) bond motifs is 1. The Bertz CT molecular complexity index is 1160. The van der Waals surface area contributed by atoms with Crippen molar-refractivity contribution in [2.24, 2.45) is 0 Å². The number of para-hydroxylation sites is 1. The number of carbonyl (C=O) groups is 1. The first kappa shape index (κ1) is 25.6. The molecular weight excluding hydrogens is 464 g/mol. The minimum atomic E-state index is -1.03. The molecule has 8 heteroatoms. The first-order valence-electron chi connectivity index (χ1n) is 12.2. The van der Waals surface area contributed by atoms with Gasteiger partial charge in [0.05, 0.1) is 18.8 Å². The highest BCUT2D eigenvalue weighted by atomic mass is 19.1. The average Bonchev–Trinajstić information content (AvgIpc) is 2.86. The maximum atomic E-state index is 13.8. The van der Waals surface area contributed by atoms with Crippen LogP contribution in [0.4, 0.5) is 19.3 Å². The molecule has 3 aromatic carbocycles. The van der Waals surface area contributed by atoms with Crippen LogP contribution in [0, 0.1) is 11.6 Å². The monoisotopic (exact) mass is 495 g/mol. The fourth-order valence-corrected chi connectivity index (χ4v) is 4.40. The van der Waals surface area contributed by atoms with Crippen molar-refractivity contribution in [3.63, 3.8) is 0 Å². The number of nitrogens with one attached hydrogen (secondary N) is 3. The minimum Gasteiger partial charge on any atom is -0.493 e. The largest absolute Gasteiger partial charge is 0.493 e. The van der Waals surface area contributed by atoms with Gasteiger partial charge in [-0.05, 0) is 54.3 Å². The van der Waals surface area contributed by atoms with Gasteiger partial charge in [0.1, 0.15) is 17.4 Å². The molecule has 4 N–H and O–H groups in total. The van der Waals surface area contributed by atoms with Gasteiger partial charge in [0.2, 0.25) is 0 Å². The topological polar surface area (TPSA) is 82.6 Å². The van der Waals surface area contributed by atoms with Gasteiger partial charge in [-0.1, -0.05) is 37.3 Å². The van der Waals surface area contributed by atoms with Crippen molar-refractivity contribution in [1.29, 1.82) is 0 Å². The SMILES string of the molecule is CCc1ccc2c(c1)C(NC[C@H](O)[C@H](Cc1cc(F)cc(F)c1)NC(=O)Nc1ccccc1)CCO2. The Morgan fingerprint density at radius 1 is 1.06 bits per heavy atom. The standard InChI is InChI=1S/C28H31F2N3O3/c1-2-18-8-9-27-23(14-18)24(10-11-36-27)31-17-26(34)25(15-19-12-20(29)16-21(30)13-19)33-28(35)32-22-6-4-3-5-7-22/h3-9,12-14,16,24-26,31,34H,2,10-11,15,17H2,1H3,(H2,32,33,35)/t24?,25-,26-/m0/s1. The van der Waals surface area contributed by atoms with E-state index in [1.807, 2.05) is 18.2 Å². The Hall–Kier alpha value is -3.49. The normalized spacial score (nSPS) is 16.4. The molecule has 0 spiro atoms. The number of hydrogen-bond donors (Lipinski definition) is 4. The summed E-state index contributed by atoms with van der Waals surface area (Å²) in [6.07, 6.45) is 0.645. The summed E-state index contributed by atoms with van der Waals surface area (Å²) in [5.74, 6) is -0.608. The lowest BCUT2D eigenvalue weighted by molar-refractivity contribution is 0.121. The summed E-state index contributed by atoms with van der Waals surface area (Å²) in [6.45, 7) is 2.80. The van der Waals surface area contributed by atoms with Gasteiger partial charge in [-0.2, -0.15) is 0 Å². The third-order valence-electron chi connectivity index (χ3n) is 6.29. The van der Waals surface area contributed by atoms with Crippen LogP contribution in [-0.2, 0) is 12.8 Å². The number of hydrogen-bond acceptors (Lipinski definition) is 4. The molecule has 0 aliphatic carbocycles. The van der Waals surface area contributed by atoms with E-state index in [-0.39, 0.29) is 19.0 Å². The van der Waals surface area contributed by atoms with Crippen LogP contribution in [0.1, 0.15) is 36.1 Å². The number of carbonyl (C=O) groups excluding carboxylic acids is 1. The van der Waals surface area contributed by atoms with Crippen LogP contribution < -0.4 is 20.7 Å². The van der Waals surface area contributed by atoms with Crippen LogP contribution in [0.15, 0.2) is 66.7 Å². The smallest absolute Gasteiger partial charge is 0.319 e. The van der Waals surface area contributed by atoms with E-state index in [0.29, 0.717) is 17.9 Å². The second kappa shape index (κ2) is 12.0. The van der Waals surface area contributed by atoms with Crippen LogP contribution in [-0.4, -0.2) is 36.4 Å². The first-order chi connectivity index (χ1) is 17.4. The van der Waals surface area contributed by atoms with E-state index in [2.05, 4.69) is 28.9 Å². The van der Waals surface area contributed by atoms with Gasteiger partial charge in [0.25, 0.3) is 0 Å². The van der Waals surface area contributed by atoms with Crippen LogP contribution in [0.5, 0.6) is 5.75 Å². The molecule has 0 bridgehead atoms. The molecule has 1 aliphatic heterocycles. The molecule has 1 heterocycles. The number of halogens is 2. The quantitative estimate of drug-likeness (QED) is 0.346. The summed E-state index contributed by atoms with van der Waals surface area (Å²) in [7, 11) is 0. The lowest BCUT2D eigenvalue weighted by Crippen LogP contribution is -2.50. The highest BCUT2D eigenvalue weighted by molar-refractivity contribution is 5.89. The van der Waals surface area contributed by atoms with Crippen LogP contribution in [0.3, 0.4) is 0 Å². The van der Waals surface area contributed by atoms with Crippen molar-refractivity contribution >= 4 is 11.7 Å². The second-order valence-corrected chi connectivity index (χ2v) is 8.94. The molecule has 6 nitrogen and oxygen atoms in total. The summed E-state index contributed by atoms with van der Waals surface area (Å²) in [5, 5.41) is 20.0. The zero-order valence-corrected chi connectivity index (χ0v) is 20.1. The van der Waals surface area contributed by atoms with E-state index in [0.717, 1.165) is 30.2 Å². The number of urea groups is 1. The van der Waals surface area contributed by atoms with E-state index in [1.54, 1.807) is 24.3 Å². The number of ether oxygens (including phenoxy) is 1. The first-order valence-corrected chi connectivity index (χ1v) is 12.2. The zero-order chi connectivity index (χ0) is 25.5.